The second-order valence-corrected chi connectivity index (χ2v) is 13.9. The molecule has 3 aromatic heterocycles. The summed E-state index contributed by atoms with van der Waals surface area (Å²) in [5.74, 6) is 3.65. The molecule has 0 aliphatic rings. The van der Waals surface area contributed by atoms with Crippen LogP contribution in [0.4, 0.5) is 0 Å². The van der Waals surface area contributed by atoms with Crippen molar-refractivity contribution < 1.29 is 4.74 Å². The molecule has 0 fully saturated rings. The van der Waals surface area contributed by atoms with Gasteiger partial charge in [0.1, 0.15) is 17.3 Å². The highest BCUT2D eigenvalue weighted by Gasteiger charge is 2.24. The average molecular weight is 633 g/mol. The molecule has 0 unspecified atom stereocenters. The van der Waals surface area contributed by atoms with Crippen molar-refractivity contribution in [3.05, 3.63) is 131 Å². The van der Waals surface area contributed by atoms with Crippen LogP contribution in [0.5, 0.6) is 11.5 Å². The molecule has 0 saturated heterocycles. The molecule has 3 heterocycles. The Labute approximate surface area is 283 Å². The summed E-state index contributed by atoms with van der Waals surface area (Å²) in [5.41, 5.74) is 12.4. The van der Waals surface area contributed by atoms with Crippen LogP contribution < -0.4 is 4.74 Å². The smallest absolute Gasteiger partial charge is 0.137 e. The Balaban J connectivity index is 1.27. The summed E-state index contributed by atoms with van der Waals surface area (Å²) in [7, 11) is 0. The molecule has 0 N–H and O–H groups in total. The first-order valence-electron chi connectivity index (χ1n) is 17.1. The van der Waals surface area contributed by atoms with Gasteiger partial charge in [0.15, 0.2) is 0 Å². The molecule has 0 radical (unpaired) electrons. The number of benzene rings is 4. The fraction of sp³-hybridized carbons (Fsp3) is 0.256. The van der Waals surface area contributed by atoms with Crippen LogP contribution in [0.25, 0.3) is 44.4 Å². The SMILES string of the molecule is Cc1ccnc(-n2c3ccccc3c3ccc(Oc4cccc(-n5cc(-c6c(C(C)C)cc(C)c(C(C)C)c6C(C)C)cn5)c4)cc32)c1. The lowest BCUT2D eigenvalue weighted by Crippen LogP contribution is -2.08. The van der Waals surface area contributed by atoms with E-state index in [1.54, 1.807) is 0 Å². The molecule has 0 saturated carbocycles. The average Bonchev–Trinajstić information content (AvgIpc) is 3.67. The summed E-state index contributed by atoms with van der Waals surface area (Å²) in [5, 5.41) is 7.23. The molecule has 0 amide bonds. The highest BCUT2D eigenvalue weighted by molar-refractivity contribution is 6.09. The maximum absolute atomic E-state index is 6.53. The number of ether oxygens (including phenoxy) is 1. The molecule has 0 spiro atoms. The van der Waals surface area contributed by atoms with Crippen LogP contribution in [0, 0.1) is 13.8 Å². The minimum Gasteiger partial charge on any atom is -0.457 e. The van der Waals surface area contributed by atoms with Crippen LogP contribution in [-0.4, -0.2) is 19.3 Å². The van der Waals surface area contributed by atoms with Gasteiger partial charge in [0.05, 0.1) is 22.9 Å². The van der Waals surface area contributed by atoms with Crippen LogP contribution in [0.2, 0.25) is 0 Å². The second-order valence-electron chi connectivity index (χ2n) is 13.9. The van der Waals surface area contributed by atoms with Crippen molar-refractivity contribution in [3.8, 4) is 34.1 Å². The van der Waals surface area contributed by atoms with Crippen molar-refractivity contribution in [2.24, 2.45) is 0 Å². The molecule has 5 nitrogen and oxygen atoms in total. The van der Waals surface area contributed by atoms with Crippen LogP contribution in [0.3, 0.4) is 0 Å². The predicted octanol–water partition coefficient (Wildman–Crippen LogP) is 11.8. The quantitative estimate of drug-likeness (QED) is 0.167. The Morgan fingerprint density at radius 3 is 2.17 bits per heavy atom. The van der Waals surface area contributed by atoms with Crippen LogP contribution >= 0.6 is 0 Å². The van der Waals surface area contributed by atoms with Crippen molar-refractivity contribution in [2.45, 2.75) is 73.1 Å². The minimum absolute atomic E-state index is 0.396. The lowest BCUT2D eigenvalue weighted by atomic mass is 9.78. The number of aryl methyl sites for hydroxylation is 2. The Morgan fingerprint density at radius 1 is 0.667 bits per heavy atom. The number of pyridine rings is 1. The number of hydrogen-bond donors (Lipinski definition) is 0. The Hall–Kier alpha value is -5.16. The fourth-order valence-corrected chi connectivity index (χ4v) is 7.35. The zero-order valence-corrected chi connectivity index (χ0v) is 29.2. The summed E-state index contributed by atoms with van der Waals surface area (Å²) in [6.45, 7) is 18.2. The number of nitrogens with zero attached hydrogens (tertiary/aromatic N) is 4. The van der Waals surface area contributed by atoms with E-state index in [0.717, 1.165) is 45.0 Å². The summed E-state index contributed by atoms with van der Waals surface area (Å²) in [6.07, 6.45) is 6.06. The van der Waals surface area contributed by atoms with E-state index in [1.165, 1.54) is 38.8 Å². The molecule has 7 aromatic rings. The maximum atomic E-state index is 6.53. The summed E-state index contributed by atoms with van der Waals surface area (Å²) >= 11 is 0. The van der Waals surface area contributed by atoms with Crippen molar-refractivity contribution in [3.63, 3.8) is 0 Å². The lowest BCUT2D eigenvalue weighted by Gasteiger charge is -2.26. The molecule has 0 aliphatic heterocycles. The van der Waals surface area contributed by atoms with Gasteiger partial charge in [-0.2, -0.15) is 5.10 Å². The van der Waals surface area contributed by atoms with E-state index in [9.17, 15) is 0 Å². The van der Waals surface area contributed by atoms with E-state index in [1.807, 2.05) is 41.3 Å². The van der Waals surface area contributed by atoms with Crippen molar-refractivity contribution in [1.29, 1.82) is 0 Å². The highest BCUT2D eigenvalue weighted by Crippen LogP contribution is 2.42. The van der Waals surface area contributed by atoms with Crippen molar-refractivity contribution in [1.82, 2.24) is 19.3 Å². The number of hydrogen-bond acceptors (Lipinski definition) is 3. The number of rotatable bonds is 8. The molecule has 242 valence electrons. The fourth-order valence-electron chi connectivity index (χ4n) is 7.35. The van der Waals surface area contributed by atoms with Crippen LogP contribution in [0.1, 0.15) is 87.1 Å². The van der Waals surface area contributed by atoms with Gasteiger partial charge in [-0.1, -0.05) is 71.9 Å². The van der Waals surface area contributed by atoms with Crippen LogP contribution in [-0.2, 0) is 0 Å². The predicted molar refractivity (Wildman–Crippen MR) is 199 cm³/mol. The van der Waals surface area contributed by atoms with Gasteiger partial charge < -0.3 is 4.74 Å². The van der Waals surface area contributed by atoms with E-state index >= 15 is 0 Å². The minimum atomic E-state index is 0.396. The van der Waals surface area contributed by atoms with Crippen LogP contribution in [0.15, 0.2) is 104 Å². The normalized spacial score (nSPS) is 11.9. The first-order valence-corrected chi connectivity index (χ1v) is 17.1. The number of aromatic nitrogens is 4. The second kappa shape index (κ2) is 12.5. The monoisotopic (exact) mass is 632 g/mol. The van der Waals surface area contributed by atoms with Gasteiger partial charge in [-0.05, 0) is 107 Å². The van der Waals surface area contributed by atoms with E-state index < -0.39 is 0 Å². The highest BCUT2D eigenvalue weighted by atomic mass is 16.5. The third-order valence-corrected chi connectivity index (χ3v) is 9.39. The Kier molecular flexibility index (Phi) is 8.16. The lowest BCUT2D eigenvalue weighted by molar-refractivity contribution is 0.483. The zero-order chi connectivity index (χ0) is 33.7. The van der Waals surface area contributed by atoms with Gasteiger partial charge in [0.2, 0.25) is 0 Å². The molecule has 0 aliphatic carbocycles. The van der Waals surface area contributed by atoms with Crippen molar-refractivity contribution in [2.75, 3.05) is 0 Å². The first kappa shape index (κ1) is 31.4. The van der Waals surface area contributed by atoms with E-state index in [2.05, 4.69) is 127 Å². The largest absolute Gasteiger partial charge is 0.457 e. The third kappa shape index (κ3) is 5.57. The molecule has 0 bridgehead atoms. The van der Waals surface area contributed by atoms with Gasteiger partial charge in [-0.25, -0.2) is 9.67 Å². The number of fused-ring (bicyclic) bond motifs is 3. The molecule has 7 rings (SSSR count). The molecule has 4 aromatic carbocycles. The summed E-state index contributed by atoms with van der Waals surface area (Å²) in [6, 6.07) is 29.5. The van der Waals surface area contributed by atoms with E-state index in [0.29, 0.717) is 17.8 Å². The van der Waals surface area contributed by atoms with Gasteiger partial charge in [0, 0.05) is 40.9 Å². The molecule has 0 atom stereocenters. The molecular weight excluding hydrogens is 589 g/mol. The summed E-state index contributed by atoms with van der Waals surface area (Å²) < 4.78 is 10.7. The Bertz CT molecular complexity index is 2280. The van der Waals surface area contributed by atoms with Gasteiger partial charge in [0.25, 0.3) is 0 Å². The van der Waals surface area contributed by atoms with Gasteiger partial charge >= 0.3 is 0 Å². The third-order valence-electron chi connectivity index (χ3n) is 9.39. The molecular formula is C43H44N4O. The molecule has 48 heavy (non-hydrogen) atoms. The Morgan fingerprint density at radius 2 is 1.42 bits per heavy atom. The summed E-state index contributed by atoms with van der Waals surface area (Å²) in [4.78, 5) is 4.72. The van der Waals surface area contributed by atoms with E-state index in [-0.39, 0.29) is 0 Å². The zero-order valence-electron chi connectivity index (χ0n) is 29.2. The maximum Gasteiger partial charge on any atom is 0.137 e. The van der Waals surface area contributed by atoms with Gasteiger partial charge in [-0.15, -0.1) is 0 Å². The van der Waals surface area contributed by atoms with Crippen molar-refractivity contribution >= 4 is 21.8 Å². The number of para-hydroxylation sites is 1. The molecule has 5 heteroatoms. The van der Waals surface area contributed by atoms with E-state index in [4.69, 9.17) is 14.8 Å². The topological polar surface area (TPSA) is 44.9 Å². The standard InChI is InChI=1S/C43H44N4O/c1-26(2)37-21-30(8)41(27(3)4)42(28(5)6)43(37)31-24-45-46(25-31)32-12-11-13-33(22-32)48-34-16-17-36-35-14-9-10-15-38(35)47(39(36)23-34)40-20-29(7)18-19-44-40/h9-28H,1-8H3. The first-order chi connectivity index (χ1) is 23.1. The van der Waals surface area contributed by atoms with Gasteiger partial charge in [-0.3, -0.25) is 4.57 Å².